The highest BCUT2D eigenvalue weighted by Gasteiger charge is 2.28. The number of benzene rings is 2. The normalized spacial score (nSPS) is 18.1. The lowest BCUT2D eigenvalue weighted by molar-refractivity contribution is 0.158. The van der Waals surface area contributed by atoms with Gasteiger partial charge in [-0.25, -0.2) is 22.6 Å². The molecule has 1 aliphatic rings. The number of nitrogens with two attached hydrogens (primary N) is 1. The molecular weight excluding hydrogens is 464 g/mol. The van der Waals surface area contributed by atoms with Crippen LogP contribution in [0, 0.1) is 0 Å². The van der Waals surface area contributed by atoms with E-state index >= 15 is 0 Å². The van der Waals surface area contributed by atoms with Crippen LogP contribution < -0.4 is 15.8 Å². The van der Waals surface area contributed by atoms with Crippen molar-refractivity contribution in [2.75, 3.05) is 5.32 Å². The van der Waals surface area contributed by atoms with Crippen LogP contribution in [0.1, 0.15) is 37.9 Å². The topological polar surface area (TPSA) is 135 Å². The second-order valence-corrected chi connectivity index (χ2v) is 11.5. The number of nitrogens with zero attached hydrogens (tertiary/aromatic N) is 3. The van der Waals surface area contributed by atoms with E-state index in [-0.39, 0.29) is 4.90 Å². The molecule has 2 aromatic heterocycles. The van der Waals surface area contributed by atoms with Gasteiger partial charge in [-0.15, -0.1) is 5.10 Å². The first-order valence-electron chi connectivity index (χ1n) is 11.3. The minimum absolute atomic E-state index is 0.184. The summed E-state index contributed by atoms with van der Waals surface area (Å²) in [6.07, 6.45) is 1.67. The van der Waals surface area contributed by atoms with Gasteiger partial charge < -0.3 is 16.2 Å². The first-order chi connectivity index (χ1) is 16.5. The van der Waals surface area contributed by atoms with Gasteiger partial charge in [0.15, 0.2) is 0 Å². The van der Waals surface area contributed by atoms with Gasteiger partial charge in [-0.3, -0.25) is 0 Å². The van der Waals surface area contributed by atoms with Crippen molar-refractivity contribution in [1.82, 2.24) is 19.3 Å². The molecule has 1 aliphatic carbocycles. The van der Waals surface area contributed by atoms with E-state index in [4.69, 9.17) is 5.73 Å². The van der Waals surface area contributed by atoms with E-state index in [2.05, 4.69) is 20.1 Å². The molecular formula is C25H28N6O3S. The van der Waals surface area contributed by atoms with E-state index in [9.17, 15) is 13.5 Å². The van der Waals surface area contributed by atoms with Crippen molar-refractivity contribution in [2.45, 2.75) is 49.8 Å². The van der Waals surface area contributed by atoms with E-state index < -0.39 is 27.7 Å². The molecule has 182 valence electrons. The van der Waals surface area contributed by atoms with Crippen LogP contribution in [0.15, 0.2) is 65.7 Å². The van der Waals surface area contributed by atoms with Crippen molar-refractivity contribution in [3.8, 4) is 11.3 Å². The van der Waals surface area contributed by atoms with E-state index in [1.165, 1.54) is 0 Å². The summed E-state index contributed by atoms with van der Waals surface area (Å²) in [4.78, 5) is 4.59. The summed E-state index contributed by atoms with van der Waals surface area (Å²) in [5.74, 6) is 0.375. The number of nitrogens with one attached hydrogen (secondary N) is 2. The third-order valence-electron chi connectivity index (χ3n) is 5.88. The first-order valence-corrected chi connectivity index (χ1v) is 12.8. The molecule has 0 saturated carbocycles. The SMILES string of the molecule is CC(C)(C)NS(=O)(=O)c1cccc(-c2ccc3cnc(Nc4ccc5c(c4)C(N)C(O)C5)nn23)c1. The van der Waals surface area contributed by atoms with Gasteiger partial charge in [0.1, 0.15) is 0 Å². The molecule has 4 aromatic rings. The Morgan fingerprint density at radius 1 is 1.11 bits per heavy atom. The maximum atomic E-state index is 12.8. The molecule has 2 heterocycles. The highest BCUT2D eigenvalue weighted by atomic mass is 32.2. The molecule has 0 saturated heterocycles. The largest absolute Gasteiger partial charge is 0.391 e. The van der Waals surface area contributed by atoms with Gasteiger partial charge in [0, 0.05) is 23.2 Å². The molecule has 35 heavy (non-hydrogen) atoms. The van der Waals surface area contributed by atoms with Gasteiger partial charge in [-0.05, 0) is 68.3 Å². The maximum Gasteiger partial charge on any atom is 0.245 e. The summed E-state index contributed by atoms with van der Waals surface area (Å²) in [7, 11) is -3.68. The van der Waals surface area contributed by atoms with E-state index in [1.807, 2.05) is 36.4 Å². The summed E-state index contributed by atoms with van der Waals surface area (Å²) < 4.78 is 30.1. The van der Waals surface area contributed by atoms with Crippen LogP contribution in [0.25, 0.3) is 16.8 Å². The van der Waals surface area contributed by atoms with Gasteiger partial charge >= 0.3 is 0 Å². The summed E-state index contributed by atoms with van der Waals surface area (Å²) in [5, 5.41) is 17.9. The molecule has 2 aromatic carbocycles. The molecule has 9 nitrogen and oxygen atoms in total. The molecule has 5 rings (SSSR count). The average molecular weight is 493 g/mol. The number of rotatable bonds is 5. The molecule has 0 aliphatic heterocycles. The Bertz CT molecular complexity index is 1520. The fourth-order valence-corrected chi connectivity index (χ4v) is 5.78. The summed E-state index contributed by atoms with van der Waals surface area (Å²) in [6.45, 7) is 5.41. The Balaban J connectivity index is 1.47. The van der Waals surface area contributed by atoms with Gasteiger partial charge in [0.05, 0.1) is 34.4 Å². The molecule has 5 N–H and O–H groups in total. The maximum absolute atomic E-state index is 12.8. The van der Waals surface area contributed by atoms with Gasteiger partial charge in [0.25, 0.3) is 0 Å². The number of aliphatic hydroxyl groups excluding tert-OH is 1. The minimum Gasteiger partial charge on any atom is -0.391 e. The van der Waals surface area contributed by atoms with E-state index in [0.29, 0.717) is 17.9 Å². The number of hydrogen-bond donors (Lipinski definition) is 4. The smallest absolute Gasteiger partial charge is 0.245 e. The van der Waals surface area contributed by atoms with Crippen LogP contribution in [0.2, 0.25) is 0 Å². The second kappa shape index (κ2) is 8.42. The lowest BCUT2D eigenvalue weighted by atomic mass is 10.1. The summed E-state index contributed by atoms with van der Waals surface area (Å²) in [5.41, 5.74) is 10.4. The third-order valence-corrected chi connectivity index (χ3v) is 7.64. The van der Waals surface area contributed by atoms with Crippen molar-refractivity contribution >= 4 is 27.2 Å². The summed E-state index contributed by atoms with van der Waals surface area (Å²) in [6, 6.07) is 15.9. The predicted octanol–water partition coefficient (Wildman–Crippen LogP) is 3.13. The van der Waals surface area contributed by atoms with Crippen LogP contribution >= 0.6 is 0 Å². The fraction of sp³-hybridized carbons (Fsp3) is 0.280. The van der Waals surface area contributed by atoms with Crippen LogP contribution in [0.5, 0.6) is 0 Å². The summed E-state index contributed by atoms with van der Waals surface area (Å²) >= 11 is 0. The zero-order valence-corrected chi connectivity index (χ0v) is 20.5. The molecule has 0 fully saturated rings. The predicted molar refractivity (Wildman–Crippen MR) is 135 cm³/mol. The number of anilines is 2. The molecule has 2 unspecified atom stereocenters. The zero-order valence-electron chi connectivity index (χ0n) is 19.7. The zero-order chi connectivity index (χ0) is 25.0. The monoisotopic (exact) mass is 492 g/mol. The van der Waals surface area contributed by atoms with Gasteiger partial charge in [-0.1, -0.05) is 18.2 Å². The molecule has 0 radical (unpaired) electrons. The molecule has 2 atom stereocenters. The fourth-order valence-electron chi connectivity index (χ4n) is 4.32. The Labute approximate surface area is 204 Å². The minimum atomic E-state index is -3.68. The molecule has 0 amide bonds. The van der Waals surface area contributed by atoms with Crippen molar-refractivity contribution in [2.24, 2.45) is 5.73 Å². The van der Waals surface area contributed by atoms with E-state index in [0.717, 1.165) is 28.0 Å². The van der Waals surface area contributed by atoms with Gasteiger partial charge in [-0.2, -0.15) is 0 Å². The lowest BCUT2D eigenvalue weighted by Crippen LogP contribution is -2.40. The first kappa shape index (κ1) is 23.4. The van der Waals surface area contributed by atoms with Crippen molar-refractivity contribution < 1.29 is 13.5 Å². The Morgan fingerprint density at radius 2 is 1.91 bits per heavy atom. The standard InChI is InChI=1S/C25H28N6O3S/c1-25(2,3)30-35(33,34)19-6-4-5-16(11-19)21-10-9-18-14-27-24(29-31(18)21)28-17-8-7-15-12-22(32)23(26)20(15)13-17/h4-11,13-14,22-23,30,32H,12,26H2,1-3H3,(H,28,29). The second-order valence-electron chi connectivity index (χ2n) is 9.86. The number of fused-ring (bicyclic) bond motifs is 2. The molecule has 10 heteroatoms. The lowest BCUT2D eigenvalue weighted by Gasteiger charge is -2.20. The highest BCUT2D eigenvalue weighted by molar-refractivity contribution is 7.89. The number of sulfonamides is 1. The Hall–Kier alpha value is -3.31. The van der Waals surface area contributed by atoms with Crippen LogP contribution in [0.3, 0.4) is 0 Å². The Kier molecular flexibility index (Phi) is 5.64. The van der Waals surface area contributed by atoms with Gasteiger partial charge in [0.2, 0.25) is 16.0 Å². The van der Waals surface area contributed by atoms with Crippen LogP contribution in [-0.4, -0.2) is 39.8 Å². The Morgan fingerprint density at radius 3 is 2.69 bits per heavy atom. The highest BCUT2D eigenvalue weighted by Crippen LogP contribution is 2.32. The molecule has 0 spiro atoms. The van der Waals surface area contributed by atoms with Crippen LogP contribution in [-0.2, 0) is 16.4 Å². The van der Waals surface area contributed by atoms with Crippen molar-refractivity contribution in [3.63, 3.8) is 0 Å². The van der Waals surface area contributed by atoms with Crippen molar-refractivity contribution in [3.05, 3.63) is 71.9 Å². The molecule has 0 bridgehead atoms. The third kappa shape index (κ3) is 4.65. The van der Waals surface area contributed by atoms with E-state index in [1.54, 1.807) is 49.7 Å². The quantitative estimate of drug-likeness (QED) is 0.336. The number of aromatic nitrogens is 3. The van der Waals surface area contributed by atoms with Crippen molar-refractivity contribution in [1.29, 1.82) is 0 Å². The average Bonchev–Trinajstić information content (AvgIpc) is 3.33. The number of aliphatic hydroxyl groups is 1. The van der Waals surface area contributed by atoms with Crippen LogP contribution in [0.4, 0.5) is 11.6 Å². The number of hydrogen-bond acceptors (Lipinski definition) is 7.